The van der Waals surface area contributed by atoms with Gasteiger partial charge in [0, 0.05) is 13.0 Å². The Hall–Kier alpha value is -1.83. The molecule has 28 nitrogen and oxygen atoms in total. The van der Waals surface area contributed by atoms with Crippen LogP contribution in [0.4, 0.5) is 0 Å². The summed E-state index contributed by atoms with van der Waals surface area (Å²) in [5, 5.41) is 166. The Morgan fingerprint density at radius 3 is 1.70 bits per heavy atom. The number of hydrogen-bond donors (Lipinski definition) is 15. The molecule has 0 bridgehead atoms. The lowest BCUT2D eigenvalue weighted by atomic mass is 9.40. The number of aliphatic hydroxyl groups is 15. The third kappa shape index (κ3) is 11.5. The standard InChI is InChI=1S/C60H98O28/c1-24(2)10-9-15-59(7)33-13-17-58(6)25-11-12-32-56(3,4)35(14-16-57(32,5)26(25)18-34(65)60(33,58)55(76)88-59)84-54-49(39(69)31(23-78-54)83-50-42(72)40(70)36(66)27(19-61)79-50)87-51-43(73)41(71)46(30(22-64)82-51)85-53-45(75)48(38(68)29(21-63)81-53)86-52-44(74)47(77-8)37(67)28(20-62)80-52/h18,24-25,27-54,61-75H,9-17,19-23H2,1-8H3. The summed E-state index contributed by atoms with van der Waals surface area (Å²) in [6, 6.07) is 0. The van der Waals surface area contributed by atoms with Crippen molar-refractivity contribution in [1.82, 2.24) is 0 Å². The number of aliphatic hydroxyl groups excluding tert-OH is 15. The van der Waals surface area contributed by atoms with Gasteiger partial charge in [0.25, 0.3) is 0 Å². The van der Waals surface area contributed by atoms with E-state index in [0.29, 0.717) is 18.8 Å². The lowest BCUT2D eigenvalue weighted by Gasteiger charge is -2.64. The summed E-state index contributed by atoms with van der Waals surface area (Å²) in [6.45, 7) is 11.1. The van der Waals surface area contributed by atoms with E-state index in [-0.39, 0.29) is 23.7 Å². The van der Waals surface area contributed by atoms with E-state index in [9.17, 15) is 81.4 Å². The minimum atomic E-state index is -2.13. The molecular formula is C60H98O28. The number of carbonyl (C=O) groups excluding carboxylic acids is 1. The first-order chi connectivity index (χ1) is 41.5. The summed E-state index contributed by atoms with van der Waals surface area (Å²) in [7, 11) is 1.17. The highest BCUT2D eigenvalue weighted by Crippen LogP contribution is 2.76. The van der Waals surface area contributed by atoms with Crippen molar-refractivity contribution in [2.24, 2.45) is 45.3 Å². The van der Waals surface area contributed by atoms with Crippen LogP contribution in [0, 0.1) is 45.3 Å². The first-order valence-corrected chi connectivity index (χ1v) is 31.4. The quantitative estimate of drug-likeness (QED) is 0.0338. The smallest absolute Gasteiger partial charge is 0.316 e. The van der Waals surface area contributed by atoms with Crippen molar-refractivity contribution in [2.45, 2.75) is 271 Å². The van der Waals surface area contributed by atoms with E-state index < -0.39 is 220 Å². The average molecular weight is 1270 g/mol. The predicted octanol–water partition coefficient (Wildman–Crippen LogP) is -3.54. The van der Waals surface area contributed by atoms with Crippen molar-refractivity contribution < 1.29 is 138 Å². The zero-order valence-corrected chi connectivity index (χ0v) is 51.3. The summed E-state index contributed by atoms with van der Waals surface area (Å²) < 4.78 is 72.0. The number of cyclic esters (lactones) is 1. The number of allylic oxidation sites excluding steroid dienone is 1. The van der Waals surface area contributed by atoms with E-state index >= 15 is 0 Å². The van der Waals surface area contributed by atoms with E-state index in [1.165, 1.54) is 7.11 Å². The second kappa shape index (κ2) is 26.4. The molecule has 506 valence electrons. The summed E-state index contributed by atoms with van der Waals surface area (Å²) in [5.41, 5.74) is -2.39. The van der Waals surface area contributed by atoms with Gasteiger partial charge in [-0.15, -0.1) is 0 Å². The van der Waals surface area contributed by atoms with Crippen LogP contribution >= 0.6 is 0 Å². The van der Waals surface area contributed by atoms with Gasteiger partial charge in [0.15, 0.2) is 31.5 Å². The Morgan fingerprint density at radius 1 is 0.545 bits per heavy atom. The molecule has 3 saturated carbocycles. The Bertz CT molecular complexity index is 2400. The highest BCUT2D eigenvalue weighted by atomic mass is 16.8. The summed E-state index contributed by atoms with van der Waals surface area (Å²) in [5.74, 6) is -0.0464. The fraction of sp³-hybridized carbons (Fsp3) is 0.950. The maximum atomic E-state index is 14.5. The molecule has 6 aliphatic heterocycles. The maximum Gasteiger partial charge on any atom is 0.316 e. The molecule has 1 spiro atoms. The minimum absolute atomic E-state index is 0.0170. The van der Waals surface area contributed by atoms with Crippen LogP contribution in [0.2, 0.25) is 0 Å². The van der Waals surface area contributed by atoms with Crippen molar-refractivity contribution in [3.05, 3.63) is 11.6 Å². The molecule has 0 radical (unpaired) electrons. The van der Waals surface area contributed by atoms with Crippen LogP contribution in [0.3, 0.4) is 0 Å². The first kappa shape index (κ1) is 69.0. The summed E-state index contributed by atoms with van der Waals surface area (Å²) >= 11 is 0. The van der Waals surface area contributed by atoms with Gasteiger partial charge < -0.3 is 133 Å². The zero-order valence-electron chi connectivity index (χ0n) is 51.3. The molecule has 0 amide bonds. The molecule has 4 aliphatic carbocycles. The number of esters is 1. The fourth-order valence-electron chi connectivity index (χ4n) is 17.7. The summed E-state index contributed by atoms with van der Waals surface area (Å²) in [4.78, 5) is 14.5. The van der Waals surface area contributed by atoms with Crippen molar-refractivity contribution in [2.75, 3.05) is 40.1 Å². The number of hydrogen-bond acceptors (Lipinski definition) is 28. The Labute approximate surface area is 511 Å². The van der Waals surface area contributed by atoms with Crippen molar-refractivity contribution >= 4 is 5.97 Å². The Morgan fingerprint density at radius 2 is 1.09 bits per heavy atom. The van der Waals surface area contributed by atoms with Crippen LogP contribution in [-0.4, -0.2) is 288 Å². The number of rotatable bonds is 19. The van der Waals surface area contributed by atoms with Crippen LogP contribution in [0.15, 0.2) is 11.6 Å². The molecule has 10 aliphatic rings. The molecule has 0 aromatic rings. The molecule has 33 atom stereocenters. The molecule has 10 rings (SSSR count). The van der Waals surface area contributed by atoms with Gasteiger partial charge in [0.1, 0.15) is 127 Å². The van der Waals surface area contributed by atoms with Crippen molar-refractivity contribution in [3.8, 4) is 0 Å². The molecule has 6 saturated heterocycles. The van der Waals surface area contributed by atoms with Gasteiger partial charge in [-0.25, -0.2) is 0 Å². The van der Waals surface area contributed by atoms with Gasteiger partial charge in [-0.05, 0) is 92.3 Å². The van der Waals surface area contributed by atoms with Crippen LogP contribution < -0.4 is 0 Å². The van der Waals surface area contributed by atoms with Crippen LogP contribution in [0.25, 0.3) is 0 Å². The summed E-state index contributed by atoms with van der Waals surface area (Å²) in [6.07, 6.45) is -34.9. The molecule has 0 aromatic carbocycles. The third-order valence-corrected chi connectivity index (χ3v) is 22.6. The average Bonchev–Trinajstić information content (AvgIpc) is 1.42. The van der Waals surface area contributed by atoms with Gasteiger partial charge in [-0.1, -0.05) is 59.6 Å². The Balaban J connectivity index is 0.879. The number of fused-ring (bicyclic) bond motifs is 4. The second-order valence-corrected chi connectivity index (χ2v) is 28.2. The van der Waals surface area contributed by atoms with Gasteiger partial charge in [-0.3, -0.25) is 4.79 Å². The van der Waals surface area contributed by atoms with Gasteiger partial charge in [-0.2, -0.15) is 0 Å². The Kier molecular flexibility index (Phi) is 20.7. The van der Waals surface area contributed by atoms with E-state index in [1.54, 1.807) is 0 Å². The number of ether oxygens (including phenoxy) is 12. The molecule has 9 fully saturated rings. The minimum Gasteiger partial charge on any atom is -0.459 e. The molecule has 6 heterocycles. The maximum absolute atomic E-state index is 14.5. The predicted molar refractivity (Wildman–Crippen MR) is 296 cm³/mol. The van der Waals surface area contributed by atoms with Gasteiger partial charge in [0.05, 0.1) is 45.2 Å². The number of methoxy groups -OCH3 is 1. The largest absolute Gasteiger partial charge is 0.459 e. The van der Waals surface area contributed by atoms with Crippen molar-refractivity contribution in [1.29, 1.82) is 0 Å². The van der Waals surface area contributed by atoms with Crippen LogP contribution in [-0.2, 0) is 61.6 Å². The van der Waals surface area contributed by atoms with E-state index in [1.807, 2.05) is 13.0 Å². The lowest BCUT2D eigenvalue weighted by molar-refractivity contribution is -0.396. The van der Waals surface area contributed by atoms with Gasteiger partial charge in [0.2, 0.25) is 0 Å². The molecule has 88 heavy (non-hydrogen) atoms. The van der Waals surface area contributed by atoms with Crippen LogP contribution in [0.5, 0.6) is 0 Å². The van der Waals surface area contributed by atoms with Crippen molar-refractivity contribution in [3.63, 3.8) is 0 Å². The van der Waals surface area contributed by atoms with E-state index in [0.717, 1.165) is 50.5 Å². The van der Waals surface area contributed by atoms with E-state index in [4.69, 9.17) is 56.8 Å². The SMILES string of the molecule is COC1C(O)C(CO)OC(OC2C(O)C(CO)OC(OC3C(CO)OC(OC4C(OC5CCC6(C)C7=CC(O)C89C(=O)OC(C)(CCCC(C)C)C8CCC9(C)C7CCC6C5(C)C)OCC(OC5OC(CO)C(O)C(O)C5O)C4O)C(O)C3O)C2O)C1O. The fourth-order valence-corrected chi connectivity index (χ4v) is 17.7. The molecule has 0 aromatic heterocycles. The highest BCUT2D eigenvalue weighted by molar-refractivity contribution is 5.84. The monoisotopic (exact) mass is 1270 g/mol. The normalized spacial score (nSPS) is 52.8. The highest BCUT2D eigenvalue weighted by Gasteiger charge is 2.79. The van der Waals surface area contributed by atoms with Crippen LogP contribution in [0.1, 0.15) is 106 Å². The second-order valence-electron chi connectivity index (χ2n) is 28.2. The van der Waals surface area contributed by atoms with Gasteiger partial charge >= 0.3 is 5.97 Å². The topological polar surface area (TPSA) is 431 Å². The molecular weight excluding hydrogens is 1170 g/mol. The molecule has 15 N–H and O–H groups in total. The van der Waals surface area contributed by atoms with E-state index in [2.05, 4.69) is 41.5 Å². The third-order valence-electron chi connectivity index (χ3n) is 22.6. The molecule has 28 heteroatoms. The lowest BCUT2D eigenvalue weighted by Crippen LogP contribution is -2.67. The molecule has 33 unspecified atom stereocenters. The number of carbonyl (C=O) groups is 1. The first-order valence-electron chi connectivity index (χ1n) is 31.4. The zero-order chi connectivity index (χ0) is 64.1.